The van der Waals surface area contributed by atoms with Crippen LogP contribution in [0.2, 0.25) is 0 Å². The largest absolute Gasteiger partial charge is 0.490 e. The predicted octanol–water partition coefficient (Wildman–Crippen LogP) is 4.68. The van der Waals surface area contributed by atoms with E-state index in [4.69, 9.17) is 4.74 Å². The third kappa shape index (κ3) is 7.76. The Kier molecular flexibility index (Phi) is 9.90. The molecule has 14 nitrogen and oxygen atoms in total. The van der Waals surface area contributed by atoms with Gasteiger partial charge in [0.15, 0.2) is 32.4 Å². The number of benzene rings is 2. The third-order valence-corrected chi connectivity index (χ3v) is 9.83. The molecule has 0 saturated carbocycles. The number of halogens is 2. The molecular weight excluding hydrogens is 658 g/mol. The molecule has 3 heterocycles. The molecule has 47 heavy (non-hydrogen) atoms. The fourth-order valence-corrected chi connectivity index (χ4v) is 7.16. The summed E-state index contributed by atoms with van der Waals surface area (Å²) in [7, 11) is -2.81. The van der Waals surface area contributed by atoms with E-state index in [1.54, 1.807) is 6.07 Å². The standard InChI is InChI=1S/C29H30F2N8O6S2/c1-16-13-24(37-36-16)33-27-26(45-3)28(38-11-9-19(10-12-38)32-17(2)40)35-29(34-27)46-23-8-7-20(14-21(23)30)47(43,44)15-18-5-4-6-22(25(18)31)39(41)42/h4-8,13-14,19H,9-12,15H2,1-3H3,(H,32,40)(H2,33,34,35,36,37). The molecule has 1 amide bonds. The topological polar surface area (TPSA) is 185 Å². The van der Waals surface area contributed by atoms with Crippen molar-refractivity contribution < 1.29 is 31.7 Å². The van der Waals surface area contributed by atoms with Crippen molar-refractivity contribution in [3.63, 3.8) is 0 Å². The summed E-state index contributed by atoms with van der Waals surface area (Å²) in [6.45, 7) is 4.37. The van der Waals surface area contributed by atoms with E-state index in [-0.39, 0.29) is 27.8 Å². The number of nitro benzene ring substituents is 1. The highest BCUT2D eigenvalue weighted by molar-refractivity contribution is 7.99. The zero-order valence-corrected chi connectivity index (χ0v) is 27.0. The van der Waals surface area contributed by atoms with Crippen LogP contribution in [0, 0.1) is 28.7 Å². The summed E-state index contributed by atoms with van der Waals surface area (Å²) in [6.07, 6.45) is 1.31. The number of nitrogens with zero attached hydrogens (tertiary/aromatic N) is 5. The van der Waals surface area contributed by atoms with E-state index in [0.717, 1.165) is 35.7 Å². The summed E-state index contributed by atoms with van der Waals surface area (Å²) < 4.78 is 61.8. The molecule has 248 valence electrons. The van der Waals surface area contributed by atoms with Crippen molar-refractivity contribution in [2.45, 2.75) is 53.4 Å². The van der Waals surface area contributed by atoms with E-state index >= 15 is 4.39 Å². The quantitative estimate of drug-likeness (QED) is 0.112. The van der Waals surface area contributed by atoms with Crippen LogP contribution in [0.4, 0.5) is 31.9 Å². The molecule has 0 atom stereocenters. The number of anilines is 3. The third-order valence-electron chi connectivity index (χ3n) is 7.25. The average Bonchev–Trinajstić information content (AvgIpc) is 3.43. The van der Waals surface area contributed by atoms with Gasteiger partial charge in [0.1, 0.15) is 5.82 Å². The molecule has 1 aliphatic rings. The molecule has 0 bridgehead atoms. The van der Waals surface area contributed by atoms with E-state index in [0.29, 0.717) is 43.3 Å². The second-order valence-electron chi connectivity index (χ2n) is 10.7. The highest BCUT2D eigenvalue weighted by atomic mass is 32.2. The minimum absolute atomic E-state index is 0.00689. The molecule has 18 heteroatoms. The Morgan fingerprint density at radius 2 is 1.94 bits per heavy atom. The number of carbonyl (C=O) groups excluding carboxylic acids is 1. The minimum atomic E-state index is -4.28. The number of amides is 1. The van der Waals surface area contributed by atoms with E-state index in [1.165, 1.54) is 32.2 Å². The Bertz CT molecular complexity index is 1930. The molecule has 0 aliphatic carbocycles. The lowest BCUT2D eigenvalue weighted by Crippen LogP contribution is -2.44. The maximum atomic E-state index is 15.4. The molecule has 1 saturated heterocycles. The molecule has 0 unspecified atom stereocenters. The molecule has 5 rings (SSSR count). The zero-order valence-electron chi connectivity index (χ0n) is 25.4. The van der Waals surface area contributed by atoms with Crippen LogP contribution < -0.4 is 20.3 Å². The van der Waals surface area contributed by atoms with Gasteiger partial charge in [-0.1, -0.05) is 12.1 Å². The van der Waals surface area contributed by atoms with Gasteiger partial charge in [-0.25, -0.2) is 22.8 Å². The zero-order chi connectivity index (χ0) is 33.9. The molecule has 2 aromatic carbocycles. The number of aryl methyl sites for hydroxylation is 1. The SMILES string of the molecule is COc1c(Nc2cc(C)[nH]n2)nc(Sc2ccc(S(=O)(=O)Cc3cccc([N+](=O)[O-])c3F)cc2F)nc1N1CCC(NC(C)=O)CC1. The summed E-state index contributed by atoms with van der Waals surface area (Å²) in [6, 6.07) is 8.20. The first-order valence-corrected chi connectivity index (χ1v) is 16.7. The summed E-state index contributed by atoms with van der Waals surface area (Å²) in [5.74, 6) is -1.72. The highest BCUT2D eigenvalue weighted by Crippen LogP contribution is 2.39. The van der Waals surface area contributed by atoms with Crippen LogP contribution in [-0.2, 0) is 20.4 Å². The van der Waals surface area contributed by atoms with E-state index in [1.807, 2.05) is 11.8 Å². The fourth-order valence-electron chi connectivity index (χ4n) is 5.04. The van der Waals surface area contributed by atoms with Gasteiger partial charge in [0.25, 0.3) is 0 Å². The van der Waals surface area contributed by atoms with Crippen molar-refractivity contribution >= 4 is 50.6 Å². The normalized spacial score (nSPS) is 13.8. The maximum Gasteiger partial charge on any atom is 0.305 e. The first kappa shape index (κ1) is 33.5. The van der Waals surface area contributed by atoms with Gasteiger partial charge < -0.3 is 20.3 Å². The Morgan fingerprint density at radius 1 is 1.19 bits per heavy atom. The molecular formula is C29H30F2N8O6S2. The molecule has 2 aromatic heterocycles. The second kappa shape index (κ2) is 13.9. The van der Waals surface area contributed by atoms with Crippen LogP contribution in [0.1, 0.15) is 31.0 Å². The number of ether oxygens (including phenoxy) is 1. The van der Waals surface area contributed by atoms with Crippen LogP contribution in [0.5, 0.6) is 5.75 Å². The van der Waals surface area contributed by atoms with E-state index in [2.05, 4.69) is 30.8 Å². The second-order valence-corrected chi connectivity index (χ2v) is 13.7. The molecule has 4 aromatic rings. The molecule has 0 spiro atoms. The summed E-state index contributed by atoms with van der Waals surface area (Å²) in [5.41, 5.74) is -0.478. The van der Waals surface area contributed by atoms with Crippen LogP contribution >= 0.6 is 11.8 Å². The lowest BCUT2D eigenvalue weighted by Gasteiger charge is -2.34. The number of aromatic amines is 1. The van der Waals surface area contributed by atoms with Gasteiger partial charge in [-0.2, -0.15) is 9.49 Å². The van der Waals surface area contributed by atoms with Crippen molar-refractivity contribution in [3.05, 3.63) is 75.5 Å². The van der Waals surface area contributed by atoms with Gasteiger partial charge in [-0.05, 0) is 49.7 Å². The minimum Gasteiger partial charge on any atom is -0.490 e. The Balaban J connectivity index is 1.44. The van der Waals surface area contributed by atoms with Gasteiger partial charge in [0.2, 0.25) is 17.5 Å². The number of nitro groups is 1. The Labute approximate surface area is 272 Å². The number of piperidine rings is 1. The first-order valence-electron chi connectivity index (χ1n) is 14.2. The summed E-state index contributed by atoms with van der Waals surface area (Å²) in [5, 5.41) is 24.2. The lowest BCUT2D eigenvalue weighted by atomic mass is 10.0. The number of hydrogen-bond acceptors (Lipinski definition) is 12. The van der Waals surface area contributed by atoms with Crippen LogP contribution in [-0.4, -0.2) is 65.7 Å². The van der Waals surface area contributed by atoms with Crippen LogP contribution in [0.25, 0.3) is 0 Å². The number of rotatable bonds is 11. The average molecular weight is 689 g/mol. The van der Waals surface area contributed by atoms with Crippen molar-refractivity contribution in [1.82, 2.24) is 25.5 Å². The number of hydrogen-bond donors (Lipinski definition) is 3. The van der Waals surface area contributed by atoms with E-state index < -0.39 is 48.3 Å². The number of sulfone groups is 1. The van der Waals surface area contributed by atoms with Gasteiger partial charge in [0, 0.05) is 49.4 Å². The van der Waals surface area contributed by atoms with Crippen LogP contribution in [0.15, 0.2) is 57.4 Å². The van der Waals surface area contributed by atoms with Crippen LogP contribution in [0.3, 0.4) is 0 Å². The first-order chi connectivity index (χ1) is 22.3. The molecule has 0 radical (unpaired) electrons. The number of nitrogens with one attached hydrogen (secondary N) is 3. The van der Waals surface area contributed by atoms with Gasteiger partial charge in [0.05, 0.1) is 27.6 Å². The number of methoxy groups -OCH3 is 1. The van der Waals surface area contributed by atoms with Crippen molar-refractivity contribution in [2.24, 2.45) is 0 Å². The van der Waals surface area contributed by atoms with Crippen molar-refractivity contribution in [3.8, 4) is 5.75 Å². The Morgan fingerprint density at radius 3 is 2.55 bits per heavy atom. The fraction of sp³-hybridized carbons (Fsp3) is 0.310. The predicted molar refractivity (Wildman–Crippen MR) is 169 cm³/mol. The number of aromatic nitrogens is 4. The summed E-state index contributed by atoms with van der Waals surface area (Å²) in [4.78, 5) is 32.4. The monoisotopic (exact) mass is 688 g/mol. The highest BCUT2D eigenvalue weighted by Gasteiger charge is 2.28. The number of carbonyl (C=O) groups is 1. The Hall–Kier alpha value is -4.84. The molecule has 1 aliphatic heterocycles. The van der Waals surface area contributed by atoms with Crippen molar-refractivity contribution in [1.29, 1.82) is 0 Å². The molecule has 3 N–H and O–H groups in total. The maximum absolute atomic E-state index is 15.4. The molecule has 1 fully saturated rings. The lowest BCUT2D eigenvalue weighted by molar-refractivity contribution is -0.387. The smallest absolute Gasteiger partial charge is 0.305 e. The number of H-pyrrole nitrogens is 1. The van der Waals surface area contributed by atoms with E-state index in [9.17, 15) is 27.7 Å². The van der Waals surface area contributed by atoms with Gasteiger partial charge in [-0.15, -0.1) is 0 Å². The summed E-state index contributed by atoms with van der Waals surface area (Å²) >= 11 is 0.847. The van der Waals surface area contributed by atoms with Gasteiger partial charge >= 0.3 is 5.69 Å². The van der Waals surface area contributed by atoms with Gasteiger partial charge in [-0.3, -0.25) is 20.0 Å². The van der Waals surface area contributed by atoms with Crippen molar-refractivity contribution in [2.75, 3.05) is 30.4 Å².